The van der Waals surface area contributed by atoms with E-state index < -0.39 is 0 Å². The third-order valence-corrected chi connectivity index (χ3v) is 3.27. The van der Waals surface area contributed by atoms with Gasteiger partial charge in [0.2, 0.25) is 0 Å². The van der Waals surface area contributed by atoms with Gasteiger partial charge in [-0.1, -0.05) is 0 Å². The molecule has 14 heavy (non-hydrogen) atoms. The quantitative estimate of drug-likeness (QED) is 0.712. The van der Waals surface area contributed by atoms with Crippen LogP contribution in [0.4, 0.5) is 0 Å². The van der Waals surface area contributed by atoms with Crippen LogP contribution >= 0.6 is 15.9 Å². The molecule has 0 saturated heterocycles. The average Bonchev–Trinajstić information content (AvgIpc) is 2.61. The number of hydrogen-bond donors (Lipinski definition) is 2. The van der Waals surface area contributed by atoms with Crippen molar-refractivity contribution in [3.8, 4) is 0 Å². The van der Waals surface area contributed by atoms with Crippen LogP contribution in [0.15, 0.2) is 10.8 Å². The fourth-order valence-electron chi connectivity index (χ4n) is 2.02. The van der Waals surface area contributed by atoms with Crippen molar-refractivity contribution in [3.63, 3.8) is 0 Å². The standard InChI is InChI=1S/C9H9BrN4/c10-8-7-6-1-2-11-3-5(6)4-12-9(7)14-13-8/h4,11H,1-3H2,(H,12,13,14)/p+1. The van der Waals surface area contributed by atoms with Gasteiger partial charge in [-0.15, -0.1) is 0 Å². The molecule has 0 amide bonds. The molecule has 3 rings (SSSR count). The fraction of sp³-hybridized carbons (Fsp3) is 0.333. The number of aromatic nitrogens is 3. The van der Waals surface area contributed by atoms with Gasteiger partial charge in [0, 0.05) is 18.2 Å². The van der Waals surface area contributed by atoms with Crippen molar-refractivity contribution >= 4 is 27.0 Å². The number of rotatable bonds is 0. The maximum absolute atomic E-state index is 4.32. The highest BCUT2D eigenvalue weighted by atomic mass is 79.9. The summed E-state index contributed by atoms with van der Waals surface area (Å²) in [5.41, 5.74) is 3.56. The third-order valence-electron chi connectivity index (χ3n) is 2.70. The molecule has 0 atom stereocenters. The number of quaternary nitrogens is 1. The molecule has 0 aromatic carbocycles. The summed E-state index contributed by atoms with van der Waals surface area (Å²) in [6.45, 7) is 2.19. The van der Waals surface area contributed by atoms with Crippen molar-refractivity contribution in [2.45, 2.75) is 13.0 Å². The molecule has 3 heterocycles. The van der Waals surface area contributed by atoms with Crippen LogP contribution in [0.2, 0.25) is 0 Å². The molecule has 0 unspecified atom stereocenters. The van der Waals surface area contributed by atoms with Crippen molar-refractivity contribution < 1.29 is 5.32 Å². The van der Waals surface area contributed by atoms with Gasteiger partial charge in [0.25, 0.3) is 0 Å². The van der Waals surface area contributed by atoms with Crippen molar-refractivity contribution in [2.75, 3.05) is 6.54 Å². The highest BCUT2D eigenvalue weighted by Crippen LogP contribution is 2.26. The Bertz CT molecular complexity index is 491. The molecule has 0 radical (unpaired) electrons. The number of hydrogen-bond acceptors (Lipinski definition) is 2. The summed E-state index contributed by atoms with van der Waals surface area (Å²) in [7, 11) is 0. The second-order valence-electron chi connectivity index (χ2n) is 3.53. The summed E-state index contributed by atoms with van der Waals surface area (Å²) in [6, 6.07) is 0. The van der Waals surface area contributed by atoms with Crippen LogP contribution in [0.1, 0.15) is 11.1 Å². The van der Waals surface area contributed by atoms with E-state index in [-0.39, 0.29) is 0 Å². The minimum Gasteiger partial charge on any atom is -0.342 e. The Morgan fingerprint density at radius 1 is 1.50 bits per heavy atom. The van der Waals surface area contributed by atoms with Gasteiger partial charge >= 0.3 is 0 Å². The Balaban J connectivity index is 2.38. The number of pyridine rings is 1. The van der Waals surface area contributed by atoms with Crippen molar-refractivity contribution in [2.24, 2.45) is 0 Å². The maximum atomic E-state index is 4.32. The van der Waals surface area contributed by atoms with Crippen LogP contribution < -0.4 is 5.32 Å². The number of nitrogens with zero attached hydrogens (tertiary/aromatic N) is 2. The average molecular weight is 254 g/mol. The lowest BCUT2D eigenvalue weighted by Gasteiger charge is -2.14. The molecular weight excluding hydrogens is 244 g/mol. The lowest BCUT2D eigenvalue weighted by atomic mass is 10.0. The van der Waals surface area contributed by atoms with Gasteiger partial charge in [-0.05, 0) is 21.5 Å². The molecule has 4 nitrogen and oxygen atoms in total. The Labute approximate surface area is 89.2 Å². The fourth-order valence-corrected chi connectivity index (χ4v) is 2.52. The smallest absolute Gasteiger partial charge is 0.182 e. The second kappa shape index (κ2) is 3.03. The Morgan fingerprint density at radius 3 is 3.36 bits per heavy atom. The summed E-state index contributed by atoms with van der Waals surface area (Å²) >= 11 is 3.48. The van der Waals surface area contributed by atoms with Crippen LogP contribution in [-0.2, 0) is 13.0 Å². The summed E-state index contributed by atoms with van der Waals surface area (Å²) in [4.78, 5) is 4.32. The van der Waals surface area contributed by atoms with Gasteiger partial charge in [0.1, 0.15) is 11.1 Å². The summed E-state index contributed by atoms with van der Waals surface area (Å²) in [5, 5.41) is 10.5. The van der Waals surface area contributed by atoms with E-state index in [1.165, 1.54) is 11.1 Å². The summed E-state index contributed by atoms with van der Waals surface area (Å²) < 4.78 is 0.957. The lowest BCUT2D eigenvalue weighted by molar-refractivity contribution is -0.673. The molecule has 2 aromatic heterocycles. The monoisotopic (exact) mass is 253 g/mol. The van der Waals surface area contributed by atoms with E-state index in [2.05, 4.69) is 36.4 Å². The zero-order valence-electron chi connectivity index (χ0n) is 7.55. The minimum atomic E-state index is 0.817. The zero-order chi connectivity index (χ0) is 9.54. The van der Waals surface area contributed by atoms with Crippen LogP contribution in [0.25, 0.3) is 11.0 Å². The van der Waals surface area contributed by atoms with Crippen molar-refractivity contribution in [1.29, 1.82) is 0 Å². The predicted molar refractivity (Wildman–Crippen MR) is 55.8 cm³/mol. The molecular formula is C9H10BrN4+. The molecule has 1 aliphatic heterocycles. The van der Waals surface area contributed by atoms with Crippen LogP contribution in [-0.4, -0.2) is 21.7 Å². The normalized spacial score (nSPS) is 15.8. The van der Waals surface area contributed by atoms with Crippen LogP contribution in [0, 0.1) is 0 Å². The van der Waals surface area contributed by atoms with E-state index in [1.54, 1.807) is 0 Å². The zero-order valence-corrected chi connectivity index (χ0v) is 9.13. The van der Waals surface area contributed by atoms with Crippen LogP contribution in [0.5, 0.6) is 0 Å². The molecule has 3 N–H and O–H groups in total. The third kappa shape index (κ3) is 1.09. The van der Waals surface area contributed by atoms with Gasteiger partial charge in [0.15, 0.2) is 5.65 Å². The predicted octanol–water partition coefficient (Wildman–Crippen LogP) is 0.340. The first-order chi connectivity index (χ1) is 6.86. The SMILES string of the molecule is Brc1[nH]nc2ncc3c(c12)CC[NH2+]C3. The molecule has 72 valence electrons. The number of H-pyrrole nitrogens is 1. The Kier molecular flexibility index (Phi) is 1.81. The van der Waals surface area contributed by atoms with E-state index >= 15 is 0 Å². The molecule has 2 aromatic rings. The topological polar surface area (TPSA) is 58.2 Å². The van der Waals surface area contributed by atoms with Gasteiger partial charge in [-0.2, -0.15) is 5.10 Å². The van der Waals surface area contributed by atoms with E-state index in [9.17, 15) is 0 Å². The molecule has 5 heteroatoms. The number of aromatic amines is 1. The van der Waals surface area contributed by atoms with E-state index in [0.717, 1.165) is 35.1 Å². The van der Waals surface area contributed by atoms with Gasteiger partial charge in [-0.3, -0.25) is 5.10 Å². The van der Waals surface area contributed by atoms with E-state index in [4.69, 9.17) is 0 Å². The number of nitrogens with two attached hydrogens (primary N) is 1. The molecule has 0 aliphatic carbocycles. The first-order valence-corrected chi connectivity index (χ1v) is 5.47. The summed E-state index contributed by atoms with van der Waals surface area (Å²) in [6.07, 6.45) is 3.05. The molecule has 0 fully saturated rings. The highest BCUT2D eigenvalue weighted by Gasteiger charge is 2.18. The first-order valence-electron chi connectivity index (χ1n) is 4.68. The molecule has 1 aliphatic rings. The number of halogens is 1. The molecule has 0 saturated carbocycles. The second-order valence-corrected chi connectivity index (χ2v) is 4.32. The van der Waals surface area contributed by atoms with Gasteiger partial charge in [-0.25, -0.2) is 4.98 Å². The maximum Gasteiger partial charge on any atom is 0.182 e. The Morgan fingerprint density at radius 2 is 2.43 bits per heavy atom. The van der Waals surface area contributed by atoms with Crippen molar-refractivity contribution in [3.05, 3.63) is 21.9 Å². The highest BCUT2D eigenvalue weighted by molar-refractivity contribution is 9.10. The summed E-state index contributed by atoms with van der Waals surface area (Å²) in [5.74, 6) is 0. The lowest BCUT2D eigenvalue weighted by Crippen LogP contribution is -2.84. The van der Waals surface area contributed by atoms with Gasteiger partial charge in [0.05, 0.1) is 11.9 Å². The minimum absolute atomic E-state index is 0.817. The number of fused-ring (bicyclic) bond motifs is 3. The van der Waals surface area contributed by atoms with Crippen LogP contribution in [0.3, 0.4) is 0 Å². The molecule has 0 spiro atoms. The van der Waals surface area contributed by atoms with E-state index in [0.29, 0.717) is 0 Å². The van der Waals surface area contributed by atoms with E-state index in [1.807, 2.05) is 6.20 Å². The van der Waals surface area contributed by atoms with Crippen molar-refractivity contribution in [1.82, 2.24) is 15.2 Å². The van der Waals surface area contributed by atoms with Gasteiger partial charge < -0.3 is 5.32 Å². The largest absolute Gasteiger partial charge is 0.342 e. The number of nitrogens with one attached hydrogen (secondary N) is 1. The first kappa shape index (κ1) is 8.38. The Hall–Kier alpha value is -0.940. The molecule has 0 bridgehead atoms.